The number of aromatic nitrogens is 4. The lowest BCUT2D eigenvalue weighted by molar-refractivity contribution is -0.144. The first-order valence-electron chi connectivity index (χ1n) is 12.7. The van der Waals surface area contributed by atoms with Crippen molar-refractivity contribution < 1.29 is 18.4 Å². The summed E-state index contributed by atoms with van der Waals surface area (Å²) in [6.45, 7) is 4.04. The van der Waals surface area contributed by atoms with Crippen LogP contribution in [-0.2, 0) is 22.7 Å². The van der Waals surface area contributed by atoms with Gasteiger partial charge in [-0.05, 0) is 60.2 Å². The van der Waals surface area contributed by atoms with Gasteiger partial charge in [-0.3, -0.25) is 9.59 Å². The summed E-state index contributed by atoms with van der Waals surface area (Å²) < 4.78 is 27.4. The van der Waals surface area contributed by atoms with Gasteiger partial charge in [-0.15, -0.1) is 10.2 Å². The molecule has 1 fully saturated rings. The zero-order valence-corrected chi connectivity index (χ0v) is 21.1. The van der Waals surface area contributed by atoms with Crippen LogP contribution in [0.3, 0.4) is 0 Å². The third-order valence-electron chi connectivity index (χ3n) is 6.56. The number of nitrogens with one attached hydrogen (secondary N) is 1. The van der Waals surface area contributed by atoms with Gasteiger partial charge in [0, 0.05) is 12.6 Å². The third-order valence-corrected chi connectivity index (χ3v) is 6.56. The summed E-state index contributed by atoms with van der Waals surface area (Å²) in [7, 11) is 0. The van der Waals surface area contributed by atoms with Gasteiger partial charge in [0.2, 0.25) is 17.6 Å². The SMILES string of the molecule is CC(C)C[C@@H](C(=O)NCc1ccc(F)cc1)N(C(=O)Cn1nnc(-c2ccccc2F)n1)C1CCCC1. The Morgan fingerprint density at radius 2 is 1.78 bits per heavy atom. The van der Waals surface area contributed by atoms with Gasteiger partial charge < -0.3 is 10.2 Å². The van der Waals surface area contributed by atoms with Crippen molar-refractivity contribution in [1.29, 1.82) is 0 Å². The van der Waals surface area contributed by atoms with E-state index in [2.05, 4.69) is 20.7 Å². The highest BCUT2D eigenvalue weighted by molar-refractivity contribution is 5.87. The minimum Gasteiger partial charge on any atom is -0.350 e. The quantitative estimate of drug-likeness (QED) is 0.443. The summed E-state index contributed by atoms with van der Waals surface area (Å²) in [4.78, 5) is 29.9. The highest BCUT2D eigenvalue weighted by Gasteiger charge is 2.37. The Hall–Kier alpha value is -3.69. The molecule has 0 spiro atoms. The second-order valence-electron chi connectivity index (χ2n) is 9.85. The molecule has 1 aliphatic rings. The van der Waals surface area contributed by atoms with Crippen molar-refractivity contribution in [3.63, 3.8) is 0 Å². The van der Waals surface area contributed by atoms with Crippen LogP contribution in [-0.4, -0.2) is 49.0 Å². The summed E-state index contributed by atoms with van der Waals surface area (Å²) in [5, 5.41) is 15.0. The Labute approximate surface area is 215 Å². The summed E-state index contributed by atoms with van der Waals surface area (Å²) in [6, 6.07) is 11.3. The molecule has 1 heterocycles. The molecule has 1 N–H and O–H groups in total. The molecule has 3 aromatic rings. The van der Waals surface area contributed by atoms with E-state index in [-0.39, 0.29) is 54.1 Å². The molecule has 1 aromatic heterocycles. The first-order valence-corrected chi connectivity index (χ1v) is 12.7. The van der Waals surface area contributed by atoms with Gasteiger partial charge in [0.15, 0.2) is 0 Å². The fourth-order valence-corrected chi connectivity index (χ4v) is 4.78. The van der Waals surface area contributed by atoms with Gasteiger partial charge in [0.05, 0.1) is 5.56 Å². The molecule has 1 aliphatic carbocycles. The van der Waals surface area contributed by atoms with Crippen molar-refractivity contribution in [2.75, 3.05) is 0 Å². The van der Waals surface area contributed by atoms with Crippen molar-refractivity contribution in [3.05, 3.63) is 65.7 Å². The number of hydrogen-bond donors (Lipinski definition) is 1. The fraction of sp³-hybridized carbons (Fsp3) is 0.444. The maximum atomic E-state index is 14.2. The Balaban J connectivity index is 1.53. The Morgan fingerprint density at radius 1 is 1.08 bits per heavy atom. The third kappa shape index (κ3) is 6.75. The van der Waals surface area contributed by atoms with Crippen LogP contribution in [0.5, 0.6) is 0 Å². The van der Waals surface area contributed by atoms with Crippen LogP contribution >= 0.6 is 0 Å². The molecular weight excluding hydrogens is 478 g/mol. The van der Waals surface area contributed by atoms with Gasteiger partial charge in [0.25, 0.3) is 0 Å². The molecule has 0 aliphatic heterocycles. The van der Waals surface area contributed by atoms with Crippen molar-refractivity contribution in [2.24, 2.45) is 5.92 Å². The molecule has 4 rings (SSSR count). The topological polar surface area (TPSA) is 93.0 Å². The number of tetrazole rings is 1. The number of halogens is 2. The van der Waals surface area contributed by atoms with E-state index in [1.807, 2.05) is 13.8 Å². The highest BCUT2D eigenvalue weighted by atomic mass is 19.1. The number of amides is 2. The van der Waals surface area contributed by atoms with E-state index in [4.69, 9.17) is 0 Å². The molecule has 2 aromatic carbocycles. The maximum absolute atomic E-state index is 14.2. The van der Waals surface area contributed by atoms with E-state index in [9.17, 15) is 18.4 Å². The van der Waals surface area contributed by atoms with Crippen LogP contribution in [0, 0.1) is 17.6 Å². The van der Waals surface area contributed by atoms with Gasteiger partial charge in [0.1, 0.15) is 24.2 Å². The smallest absolute Gasteiger partial charge is 0.247 e. The average molecular weight is 511 g/mol. The zero-order valence-electron chi connectivity index (χ0n) is 21.1. The van der Waals surface area contributed by atoms with Crippen LogP contribution in [0.2, 0.25) is 0 Å². The van der Waals surface area contributed by atoms with Crippen LogP contribution in [0.1, 0.15) is 51.5 Å². The molecule has 10 heteroatoms. The standard InChI is InChI=1S/C27H32F2N6O2/c1-18(2)15-24(27(37)30-16-19-11-13-20(28)14-12-19)35(21-7-3-4-8-21)25(36)17-34-32-26(31-33-34)22-9-5-6-10-23(22)29/h5-6,9-14,18,21,24H,3-4,7-8,15-17H2,1-2H3,(H,30,37)/t24-/m0/s1. The van der Waals surface area contributed by atoms with Crippen molar-refractivity contribution in [1.82, 2.24) is 30.4 Å². The second-order valence-corrected chi connectivity index (χ2v) is 9.85. The predicted octanol–water partition coefficient (Wildman–Crippen LogP) is 4.12. The monoisotopic (exact) mass is 510 g/mol. The lowest BCUT2D eigenvalue weighted by Crippen LogP contribution is -2.54. The van der Waals surface area contributed by atoms with Gasteiger partial charge in [-0.1, -0.05) is 51.0 Å². The van der Waals surface area contributed by atoms with E-state index in [1.165, 1.54) is 18.2 Å². The van der Waals surface area contributed by atoms with Crippen LogP contribution in [0.25, 0.3) is 11.4 Å². The molecule has 0 bridgehead atoms. The number of nitrogens with zero attached hydrogens (tertiary/aromatic N) is 5. The number of carbonyl (C=O) groups is 2. The Bertz CT molecular complexity index is 1210. The summed E-state index contributed by atoms with van der Waals surface area (Å²) in [6.07, 6.45) is 4.09. The fourth-order valence-electron chi connectivity index (χ4n) is 4.78. The van der Waals surface area contributed by atoms with E-state index in [0.29, 0.717) is 6.42 Å². The lowest BCUT2D eigenvalue weighted by Gasteiger charge is -2.36. The molecule has 1 saturated carbocycles. The summed E-state index contributed by atoms with van der Waals surface area (Å²) >= 11 is 0. The van der Waals surface area contributed by atoms with Crippen LogP contribution in [0.15, 0.2) is 48.5 Å². The molecule has 0 unspecified atom stereocenters. The first kappa shape index (κ1) is 26.4. The molecule has 0 radical (unpaired) electrons. The normalized spacial score (nSPS) is 14.6. The average Bonchev–Trinajstić information content (AvgIpc) is 3.56. The number of benzene rings is 2. The summed E-state index contributed by atoms with van der Waals surface area (Å²) in [5.41, 5.74) is 0.969. The minimum absolute atomic E-state index is 0.0672. The van der Waals surface area contributed by atoms with Crippen LogP contribution < -0.4 is 5.32 Å². The number of rotatable bonds is 10. The highest BCUT2D eigenvalue weighted by Crippen LogP contribution is 2.28. The molecule has 196 valence electrons. The second kappa shape index (κ2) is 12.0. The molecule has 8 nitrogen and oxygen atoms in total. The number of hydrogen-bond acceptors (Lipinski definition) is 5. The molecule has 2 amide bonds. The Kier molecular flexibility index (Phi) is 8.58. The van der Waals surface area contributed by atoms with E-state index >= 15 is 0 Å². The first-order chi connectivity index (χ1) is 17.8. The van der Waals surface area contributed by atoms with Crippen LogP contribution in [0.4, 0.5) is 8.78 Å². The minimum atomic E-state index is -0.675. The van der Waals surface area contributed by atoms with Gasteiger partial charge in [-0.25, -0.2) is 8.78 Å². The molecular formula is C27H32F2N6O2. The van der Waals surface area contributed by atoms with E-state index in [1.54, 1.807) is 35.2 Å². The lowest BCUT2D eigenvalue weighted by atomic mass is 9.99. The molecule has 1 atom stereocenters. The van der Waals surface area contributed by atoms with Crippen molar-refractivity contribution >= 4 is 11.8 Å². The molecule has 37 heavy (non-hydrogen) atoms. The van der Waals surface area contributed by atoms with Gasteiger partial charge >= 0.3 is 0 Å². The molecule has 0 saturated heterocycles. The maximum Gasteiger partial charge on any atom is 0.247 e. The largest absolute Gasteiger partial charge is 0.350 e. The summed E-state index contributed by atoms with van der Waals surface area (Å²) in [5.74, 6) is -1.10. The predicted molar refractivity (Wildman–Crippen MR) is 134 cm³/mol. The Morgan fingerprint density at radius 3 is 2.46 bits per heavy atom. The zero-order chi connectivity index (χ0) is 26.4. The van der Waals surface area contributed by atoms with Gasteiger partial charge in [-0.2, -0.15) is 4.80 Å². The van der Waals surface area contributed by atoms with E-state index in [0.717, 1.165) is 36.0 Å². The number of carbonyl (C=O) groups excluding carboxylic acids is 2. The van der Waals surface area contributed by atoms with Crippen molar-refractivity contribution in [2.45, 2.75) is 71.1 Å². The van der Waals surface area contributed by atoms with Crippen molar-refractivity contribution in [3.8, 4) is 11.4 Å². The van der Waals surface area contributed by atoms with E-state index < -0.39 is 11.9 Å².